The van der Waals surface area contributed by atoms with Crippen LogP contribution in [-0.4, -0.2) is 25.2 Å². The topological polar surface area (TPSA) is 34.2 Å². The van der Waals surface area contributed by atoms with E-state index in [1.165, 1.54) is 34.8 Å². The summed E-state index contributed by atoms with van der Waals surface area (Å²) in [6.45, 7) is 4.86. The summed E-state index contributed by atoms with van der Waals surface area (Å²) in [6.07, 6.45) is 4.98. The summed E-state index contributed by atoms with van der Waals surface area (Å²) in [5.74, 6) is 0.781. The van der Waals surface area contributed by atoms with Gasteiger partial charge >= 0.3 is 0 Å². The molecular formula is C13H22N2OS. The van der Waals surface area contributed by atoms with Gasteiger partial charge < -0.3 is 10.1 Å². The van der Waals surface area contributed by atoms with E-state index in [-0.39, 0.29) is 0 Å². The molecule has 1 aliphatic rings. The third kappa shape index (κ3) is 3.76. The predicted octanol–water partition coefficient (Wildman–Crippen LogP) is 2.71. The number of nitrogens with one attached hydrogen (secondary N) is 1. The van der Waals surface area contributed by atoms with Gasteiger partial charge in [0.05, 0.1) is 17.3 Å². The Hall–Kier alpha value is -0.450. The molecule has 0 bridgehead atoms. The van der Waals surface area contributed by atoms with E-state index in [0.29, 0.717) is 0 Å². The number of ether oxygens (including phenoxy) is 1. The summed E-state index contributed by atoms with van der Waals surface area (Å²) in [6, 6.07) is 0. The van der Waals surface area contributed by atoms with Gasteiger partial charge in [-0.05, 0) is 19.3 Å². The van der Waals surface area contributed by atoms with Gasteiger partial charge in [-0.15, -0.1) is 11.3 Å². The second kappa shape index (κ2) is 6.47. The highest BCUT2D eigenvalue weighted by atomic mass is 32.1. The molecule has 1 fully saturated rings. The zero-order valence-corrected chi connectivity index (χ0v) is 11.6. The van der Waals surface area contributed by atoms with Crippen molar-refractivity contribution in [2.45, 2.75) is 45.1 Å². The van der Waals surface area contributed by atoms with Crippen LogP contribution in [0.5, 0.6) is 0 Å². The first kappa shape index (κ1) is 13.0. The van der Waals surface area contributed by atoms with Crippen LogP contribution >= 0.6 is 11.3 Å². The first-order chi connectivity index (χ1) is 8.35. The molecule has 1 saturated carbocycles. The van der Waals surface area contributed by atoms with Crippen LogP contribution in [0.1, 0.15) is 47.7 Å². The smallest absolute Gasteiger partial charge is 0.0962 e. The molecule has 0 atom stereocenters. The fourth-order valence-corrected chi connectivity index (χ4v) is 3.11. The van der Waals surface area contributed by atoms with Crippen molar-refractivity contribution < 1.29 is 4.74 Å². The second-order valence-electron chi connectivity index (χ2n) is 4.62. The molecule has 96 valence electrons. The van der Waals surface area contributed by atoms with Crippen molar-refractivity contribution in [2.75, 3.05) is 20.3 Å². The lowest BCUT2D eigenvalue weighted by atomic mass is 10.2. The second-order valence-corrected chi connectivity index (χ2v) is 5.73. The lowest BCUT2D eigenvalue weighted by molar-refractivity contribution is 0.199. The number of aromatic nitrogens is 1. The monoisotopic (exact) mass is 254 g/mol. The van der Waals surface area contributed by atoms with Gasteiger partial charge in [-0.3, -0.25) is 0 Å². The van der Waals surface area contributed by atoms with E-state index < -0.39 is 0 Å². The minimum atomic E-state index is 0.775. The Morgan fingerprint density at radius 3 is 2.94 bits per heavy atom. The minimum Gasteiger partial charge on any atom is -0.383 e. The Morgan fingerprint density at radius 2 is 2.29 bits per heavy atom. The number of hydrogen-bond acceptors (Lipinski definition) is 4. The number of rotatable bonds is 8. The molecule has 1 N–H and O–H groups in total. The van der Waals surface area contributed by atoms with Crippen molar-refractivity contribution in [1.29, 1.82) is 0 Å². The van der Waals surface area contributed by atoms with Crippen molar-refractivity contribution in [1.82, 2.24) is 10.3 Å². The van der Waals surface area contributed by atoms with Crippen molar-refractivity contribution in [3.05, 3.63) is 15.6 Å². The molecule has 4 heteroatoms. The lowest BCUT2D eigenvalue weighted by Crippen LogP contribution is -2.18. The summed E-state index contributed by atoms with van der Waals surface area (Å²) in [7, 11) is 1.74. The molecule has 0 amide bonds. The zero-order valence-electron chi connectivity index (χ0n) is 10.8. The van der Waals surface area contributed by atoms with Gasteiger partial charge in [0.25, 0.3) is 0 Å². The van der Waals surface area contributed by atoms with E-state index >= 15 is 0 Å². The molecule has 3 nitrogen and oxygen atoms in total. The number of methoxy groups -OCH3 is 1. The van der Waals surface area contributed by atoms with Crippen LogP contribution in [0.3, 0.4) is 0 Å². The Balaban J connectivity index is 1.92. The van der Waals surface area contributed by atoms with Gasteiger partial charge in [0.2, 0.25) is 0 Å². The highest BCUT2D eigenvalue weighted by Crippen LogP contribution is 2.42. The number of aryl methyl sites for hydroxylation is 1. The highest BCUT2D eigenvalue weighted by Gasteiger charge is 2.27. The normalized spacial score (nSPS) is 15.4. The van der Waals surface area contributed by atoms with E-state index in [1.54, 1.807) is 7.11 Å². The molecule has 17 heavy (non-hydrogen) atoms. The summed E-state index contributed by atoms with van der Waals surface area (Å²) in [5, 5.41) is 4.79. The summed E-state index contributed by atoms with van der Waals surface area (Å²) in [5.41, 5.74) is 1.32. The maximum atomic E-state index is 5.04. The Labute approximate surface area is 108 Å². The van der Waals surface area contributed by atoms with Crippen LogP contribution in [0, 0.1) is 0 Å². The third-order valence-corrected chi connectivity index (χ3v) is 4.24. The molecule has 0 unspecified atom stereocenters. The first-order valence-electron chi connectivity index (χ1n) is 6.53. The maximum Gasteiger partial charge on any atom is 0.0962 e. The quantitative estimate of drug-likeness (QED) is 0.724. The molecule has 2 rings (SSSR count). The van der Waals surface area contributed by atoms with Gasteiger partial charge in [-0.25, -0.2) is 4.98 Å². The number of thiazole rings is 1. The first-order valence-corrected chi connectivity index (χ1v) is 7.35. The molecule has 1 heterocycles. The molecule has 0 spiro atoms. The van der Waals surface area contributed by atoms with Crippen molar-refractivity contribution in [3.63, 3.8) is 0 Å². The van der Waals surface area contributed by atoms with Crippen LogP contribution in [-0.2, 0) is 17.7 Å². The Kier molecular flexibility index (Phi) is 4.95. The minimum absolute atomic E-state index is 0.775. The van der Waals surface area contributed by atoms with Crippen LogP contribution in [0.2, 0.25) is 0 Å². The SMILES string of the molecule is CCCc1nc(C2CC2)sc1CNCCOC. The van der Waals surface area contributed by atoms with E-state index in [2.05, 4.69) is 12.2 Å². The van der Waals surface area contributed by atoms with Gasteiger partial charge in [0, 0.05) is 31.0 Å². The molecule has 0 saturated heterocycles. The van der Waals surface area contributed by atoms with Crippen molar-refractivity contribution in [2.24, 2.45) is 0 Å². The fourth-order valence-electron chi connectivity index (χ4n) is 1.85. The van der Waals surface area contributed by atoms with Gasteiger partial charge in [0.1, 0.15) is 0 Å². The number of nitrogens with zero attached hydrogens (tertiary/aromatic N) is 1. The maximum absolute atomic E-state index is 5.04. The van der Waals surface area contributed by atoms with Crippen LogP contribution in [0.4, 0.5) is 0 Å². The van der Waals surface area contributed by atoms with Gasteiger partial charge in [-0.2, -0.15) is 0 Å². The van der Waals surface area contributed by atoms with E-state index in [4.69, 9.17) is 9.72 Å². The van der Waals surface area contributed by atoms with Gasteiger partial charge in [-0.1, -0.05) is 13.3 Å². The van der Waals surface area contributed by atoms with Gasteiger partial charge in [0.15, 0.2) is 0 Å². The molecule has 0 aromatic carbocycles. The zero-order chi connectivity index (χ0) is 12.1. The molecule has 0 radical (unpaired) electrons. The summed E-state index contributed by atoms with van der Waals surface area (Å²) < 4.78 is 5.04. The molecule has 1 aromatic heterocycles. The predicted molar refractivity (Wildman–Crippen MR) is 71.7 cm³/mol. The summed E-state index contributed by atoms with van der Waals surface area (Å²) >= 11 is 1.91. The average molecular weight is 254 g/mol. The lowest BCUT2D eigenvalue weighted by Gasteiger charge is -2.03. The molecular weight excluding hydrogens is 232 g/mol. The van der Waals surface area contributed by atoms with Crippen LogP contribution in [0.25, 0.3) is 0 Å². The van der Waals surface area contributed by atoms with E-state index in [0.717, 1.165) is 32.0 Å². The largest absolute Gasteiger partial charge is 0.383 e. The summed E-state index contributed by atoms with van der Waals surface area (Å²) in [4.78, 5) is 6.24. The average Bonchev–Trinajstić information content (AvgIpc) is 3.10. The standard InChI is InChI=1S/C13H22N2OS/c1-3-4-11-12(9-14-7-8-16-2)17-13(15-11)10-5-6-10/h10,14H,3-9H2,1-2H3. The van der Waals surface area contributed by atoms with Crippen molar-refractivity contribution in [3.8, 4) is 0 Å². The Morgan fingerprint density at radius 1 is 1.47 bits per heavy atom. The van der Waals surface area contributed by atoms with E-state index in [9.17, 15) is 0 Å². The fraction of sp³-hybridized carbons (Fsp3) is 0.769. The van der Waals surface area contributed by atoms with Crippen LogP contribution < -0.4 is 5.32 Å². The molecule has 1 aromatic rings. The number of hydrogen-bond donors (Lipinski definition) is 1. The Bertz CT molecular complexity index is 347. The highest BCUT2D eigenvalue weighted by molar-refractivity contribution is 7.11. The van der Waals surface area contributed by atoms with Crippen molar-refractivity contribution >= 4 is 11.3 Å². The molecule has 0 aliphatic heterocycles. The molecule has 1 aliphatic carbocycles. The van der Waals surface area contributed by atoms with E-state index in [1.807, 2.05) is 11.3 Å². The third-order valence-electron chi connectivity index (χ3n) is 2.98. The van der Waals surface area contributed by atoms with Crippen LogP contribution in [0.15, 0.2) is 0 Å².